The Labute approximate surface area is 113 Å². The molecule has 98 valence electrons. The number of nitrogen functional groups attached to an aromatic ring is 1. The Hall–Kier alpha value is -1.22. The fraction of sp³-hybridized carbons (Fsp3) is 0.333. The highest BCUT2D eigenvalue weighted by atomic mass is 35.5. The maximum Gasteiger partial charge on any atom is 0.244 e. The third-order valence-electron chi connectivity index (χ3n) is 2.60. The Balaban J connectivity index is 3.41. The van der Waals surface area contributed by atoms with E-state index in [1.807, 2.05) is 0 Å². The summed E-state index contributed by atoms with van der Waals surface area (Å²) in [6.07, 6.45) is 5.17. The van der Waals surface area contributed by atoms with Crippen molar-refractivity contribution in [1.29, 1.82) is 0 Å². The molecule has 0 unspecified atom stereocenters. The standard InChI is InChI=1S/C12H15ClN2O2S/c1-4-6-15(5-2)18(16,17)12-8-10(13)7-11(14)9(12)3/h1,7-8H,5-6,14H2,2-3H3. The van der Waals surface area contributed by atoms with Gasteiger partial charge in [-0.05, 0) is 24.6 Å². The SMILES string of the molecule is C#CCN(CC)S(=O)(=O)c1cc(Cl)cc(N)c1C. The highest BCUT2D eigenvalue weighted by Crippen LogP contribution is 2.28. The van der Waals surface area contributed by atoms with E-state index in [0.717, 1.165) is 0 Å². The van der Waals surface area contributed by atoms with Gasteiger partial charge in [-0.2, -0.15) is 4.31 Å². The highest BCUT2D eigenvalue weighted by molar-refractivity contribution is 7.89. The Bertz CT molecular complexity index is 591. The smallest absolute Gasteiger partial charge is 0.244 e. The van der Waals surface area contributed by atoms with Crippen molar-refractivity contribution in [2.24, 2.45) is 0 Å². The average Bonchev–Trinajstić information content (AvgIpc) is 2.30. The van der Waals surface area contributed by atoms with E-state index in [0.29, 0.717) is 17.8 Å². The van der Waals surface area contributed by atoms with E-state index in [2.05, 4.69) is 5.92 Å². The van der Waals surface area contributed by atoms with Crippen LogP contribution in [0.5, 0.6) is 0 Å². The molecule has 1 aromatic rings. The van der Waals surface area contributed by atoms with Crippen LogP contribution in [-0.4, -0.2) is 25.8 Å². The van der Waals surface area contributed by atoms with Crippen molar-refractivity contribution in [1.82, 2.24) is 4.31 Å². The van der Waals surface area contributed by atoms with Gasteiger partial charge in [0, 0.05) is 17.3 Å². The second-order valence-corrected chi connectivity index (χ2v) is 6.10. The first-order valence-electron chi connectivity index (χ1n) is 5.33. The van der Waals surface area contributed by atoms with Gasteiger partial charge in [-0.25, -0.2) is 8.42 Å². The number of nitrogens with zero attached hydrogens (tertiary/aromatic N) is 1. The molecule has 4 nitrogen and oxygen atoms in total. The first-order valence-corrected chi connectivity index (χ1v) is 7.15. The van der Waals surface area contributed by atoms with Crippen LogP contribution in [0, 0.1) is 19.3 Å². The first kappa shape index (κ1) is 14.8. The van der Waals surface area contributed by atoms with Gasteiger partial charge in [0.25, 0.3) is 0 Å². The van der Waals surface area contributed by atoms with E-state index < -0.39 is 10.0 Å². The van der Waals surface area contributed by atoms with Crippen molar-refractivity contribution in [3.8, 4) is 12.3 Å². The fourth-order valence-electron chi connectivity index (χ4n) is 1.55. The van der Waals surface area contributed by atoms with Crippen molar-refractivity contribution in [2.45, 2.75) is 18.7 Å². The predicted molar refractivity (Wildman–Crippen MR) is 73.9 cm³/mol. The summed E-state index contributed by atoms with van der Waals surface area (Å²) in [4.78, 5) is 0.101. The van der Waals surface area contributed by atoms with Crippen LogP contribution in [0.3, 0.4) is 0 Å². The van der Waals surface area contributed by atoms with Gasteiger partial charge in [0.1, 0.15) is 0 Å². The van der Waals surface area contributed by atoms with Crippen LogP contribution >= 0.6 is 11.6 Å². The molecule has 0 aliphatic rings. The molecule has 6 heteroatoms. The van der Waals surface area contributed by atoms with Crippen LogP contribution in [0.4, 0.5) is 5.69 Å². The van der Waals surface area contributed by atoms with Gasteiger partial charge in [-0.3, -0.25) is 0 Å². The molecule has 0 fully saturated rings. The molecule has 0 aromatic heterocycles. The fourth-order valence-corrected chi connectivity index (χ4v) is 3.48. The first-order chi connectivity index (χ1) is 8.34. The molecule has 0 aliphatic heterocycles. The lowest BCUT2D eigenvalue weighted by molar-refractivity contribution is 0.463. The topological polar surface area (TPSA) is 63.4 Å². The lowest BCUT2D eigenvalue weighted by atomic mass is 10.2. The molecule has 0 saturated heterocycles. The number of terminal acetylenes is 1. The number of hydrogen-bond donors (Lipinski definition) is 1. The molecule has 0 bridgehead atoms. The van der Waals surface area contributed by atoms with Crippen molar-refractivity contribution < 1.29 is 8.42 Å². The van der Waals surface area contributed by atoms with E-state index in [4.69, 9.17) is 23.8 Å². The van der Waals surface area contributed by atoms with Crippen LogP contribution in [0.25, 0.3) is 0 Å². The van der Waals surface area contributed by atoms with E-state index in [-0.39, 0.29) is 16.5 Å². The second kappa shape index (κ2) is 5.61. The van der Waals surface area contributed by atoms with Crippen LogP contribution in [0.1, 0.15) is 12.5 Å². The maximum atomic E-state index is 12.4. The van der Waals surface area contributed by atoms with Gasteiger partial charge in [0.15, 0.2) is 0 Å². The lowest BCUT2D eigenvalue weighted by Crippen LogP contribution is -2.31. The van der Waals surface area contributed by atoms with Gasteiger partial charge >= 0.3 is 0 Å². The molecule has 0 spiro atoms. The normalized spacial score (nSPS) is 11.5. The molecule has 2 N–H and O–H groups in total. The number of hydrogen-bond acceptors (Lipinski definition) is 3. The Morgan fingerprint density at radius 2 is 2.11 bits per heavy atom. The number of sulfonamides is 1. The average molecular weight is 287 g/mol. The van der Waals surface area contributed by atoms with Crippen molar-refractivity contribution in [3.63, 3.8) is 0 Å². The molecule has 1 aromatic carbocycles. The quantitative estimate of drug-likeness (QED) is 0.679. The zero-order valence-electron chi connectivity index (χ0n) is 10.3. The van der Waals surface area contributed by atoms with E-state index in [1.165, 1.54) is 16.4 Å². The number of benzene rings is 1. The third-order valence-corrected chi connectivity index (χ3v) is 4.87. The summed E-state index contributed by atoms with van der Waals surface area (Å²) in [6, 6.07) is 2.91. The van der Waals surface area contributed by atoms with Gasteiger partial charge < -0.3 is 5.73 Å². The van der Waals surface area contributed by atoms with Crippen molar-refractivity contribution >= 4 is 27.3 Å². The van der Waals surface area contributed by atoms with Crippen LogP contribution in [0.2, 0.25) is 5.02 Å². The Kier molecular flexibility index (Phi) is 4.63. The zero-order valence-corrected chi connectivity index (χ0v) is 11.8. The molecular formula is C12H15ClN2O2S. The van der Waals surface area contributed by atoms with E-state index in [9.17, 15) is 8.42 Å². The molecule has 0 radical (unpaired) electrons. The number of nitrogens with two attached hydrogens (primary N) is 1. The number of rotatable bonds is 4. The van der Waals surface area contributed by atoms with Gasteiger partial charge in [0.2, 0.25) is 10.0 Å². The van der Waals surface area contributed by atoms with Gasteiger partial charge in [-0.15, -0.1) is 6.42 Å². The molecule has 1 rings (SSSR count). The molecular weight excluding hydrogens is 272 g/mol. The van der Waals surface area contributed by atoms with E-state index in [1.54, 1.807) is 13.8 Å². The minimum atomic E-state index is -3.66. The summed E-state index contributed by atoms with van der Waals surface area (Å²) in [7, 11) is -3.66. The van der Waals surface area contributed by atoms with Crippen LogP contribution < -0.4 is 5.73 Å². The predicted octanol–water partition coefficient (Wildman–Crippen LogP) is 1.87. The summed E-state index contributed by atoms with van der Waals surface area (Å²) in [5.74, 6) is 2.33. The van der Waals surface area contributed by atoms with Crippen LogP contribution in [-0.2, 0) is 10.0 Å². The lowest BCUT2D eigenvalue weighted by Gasteiger charge is -2.20. The summed E-state index contributed by atoms with van der Waals surface area (Å²) in [5.41, 5.74) is 6.55. The van der Waals surface area contributed by atoms with Gasteiger partial charge in [0.05, 0.1) is 11.4 Å². The minimum Gasteiger partial charge on any atom is -0.398 e. The second-order valence-electron chi connectivity index (χ2n) is 3.75. The minimum absolute atomic E-state index is 0.0185. The molecule has 0 aliphatic carbocycles. The zero-order chi connectivity index (χ0) is 13.9. The highest BCUT2D eigenvalue weighted by Gasteiger charge is 2.25. The maximum absolute atomic E-state index is 12.4. The summed E-state index contributed by atoms with van der Waals surface area (Å²) >= 11 is 5.85. The summed E-state index contributed by atoms with van der Waals surface area (Å²) in [5, 5.41) is 0.286. The van der Waals surface area contributed by atoms with E-state index >= 15 is 0 Å². The molecule has 0 heterocycles. The molecule has 0 saturated carbocycles. The Morgan fingerprint density at radius 3 is 2.61 bits per heavy atom. The monoisotopic (exact) mass is 286 g/mol. The Morgan fingerprint density at radius 1 is 1.50 bits per heavy atom. The summed E-state index contributed by atoms with van der Waals surface area (Å²) < 4.78 is 26.0. The largest absolute Gasteiger partial charge is 0.398 e. The van der Waals surface area contributed by atoms with Crippen molar-refractivity contribution in [3.05, 3.63) is 22.7 Å². The van der Waals surface area contributed by atoms with Crippen molar-refractivity contribution in [2.75, 3.05) is 18.8 Å². The number of halogens is 1. The molecule has 0 atom stereocenters. The van der Waals surface area contributed by atoms with Gasteiger partial charge in [-0.1, -0.05) is 24.4 Å². The molecule has 0 amide bonds. The third kappa shape index (κ3) is 2.78. The number of anilines is 1. The molecule has 18 heavy (non-hydrogen) atoms. The van der Waals surface area contributed by atoms with Crippen LogP contribution in [0.15, 0.2) is 17.0 Å². The summed E-state index contributed by atoms with van der Waals surface area (Å²) in [6.45, 7) is 3.67.